The summed E-state index contributed by atoms with van der Waals surface area (Å²) in [5, 5.41) is 11.3. The molecular weight excluding hydrogens is 965 g/mol. The van der Waals surface area contributed by atoms with Gasteiger partial charge in [-0.25, -0.2) is 30.0 Å². The van der Waals surface area contributed by atoms with Gasteiger partial charge in [0, 0.05) is 24.8 Å². The van der Waals surface area contributed by atoms with Crippen molar-refractivity contribution >= 4 is 69.8 Å². The summed E-state index contributed by atoms with van der Waals surface area (Å²) in [4.78, 5) is 96.4. The molecule has 3 atom stereocenters. The van der Waals surface area contributed by atoms with Gasteiger partial charge in [-0.05, 0) is 43.0 Å². The Labute approximate surface area is 422 Å². The van der Waals surface area contributed by atoms with Gasteiger partial charge in [0.1, 0.15) is 22.7 Å². The number of nitrogens with zero attached hydrogens (tertiary/aromatic N) is 5. The molecule has 4 saturated heterocycles. The molecule has 5 heterocycles. The maximum absolute atomic E-state index is 14.9. The summed E-state index contributed by atoms with van der Waals surface area (Å²) < 4.78 is 23.7. The molecule has 0 spiro atoms. The molecule has 374 valence electrons. The lowest BCUT2D eigenvalue weighted by molar-refractivity contribution is -0.189. The molecule has 4 aliphatic heterocycles. The fourth-order valence-corrected chi connectivity index (χ4v) is 11.0. The minimum Gasteiger partial charge on any atom is -0.450 e. The Balaban J connectivity index is 1.01. The quantitative estimate of drug-likeness (QED) is 0.0204. The van der Waals surface area contributed by atoms with E-state index < -0.39 is 81.3 Å². The van der Waals surface area contributed by atoms with Gasteiger partial charge < -0.3 is 34.0 Å². The van der Waals surface area contributed by atoms with Gasteiger partial charge >= 0.3 is 24.1 Å². The Morgan fingerprint density at radius 3 is 1.82 bits per heavy atom. The average molecular weight is 1020 g/mol. The molecule has 1 aromatic heterocycles. The Morgan fingerprint density at radius 2 is 1.32 bits per heavy atom. The Bertz CT molecular complexity index is 2750. The Morgan fingerprint density at radius 1 is 0.792 bits per heavy atom. The Hall–Kier alpha value is -7.33. The molecule has 0 bridgehead atoms. The summed E-state index contributed by atoms with van der Waals surface area (Å²) in [6.07, 6.45) is -2.51. The van der Waals surface area contributed by atoms with E-state index in [9.17, 15) is 28.8 Å². The lowest BCUT2D eigenvalue weighted by Gasteiger charge is -2.41. The lowest BCUT2D eigenvalue weighted by atomic mass is 9.94. The maximum Gasteiger partial charge on any atom is 0.413 e. The van der Waals surface area contributed by atoms with Gasteiger partial charge in [-0.3, -0.25) is 24.8 Å². The number of thiazole rings is 1. The van der Waals surface area contributed by atoms with Crippen LogP contribution in [0.4, 0.5) is 14.7 Å². The summed E-state index contributed by atoms with van der Waals surface area (Å²) in [7, 11) is 0. The van der Waals surface area contributed by atoms with Crippen molar-refractivity contribution in [3.8, 4) is 0 Å². The van der Waals surface area contributed by atoms with Crippen LogP contribution in [0.2, 0.25) is 0 Å². The van der Waals surface area contributed by atoms with E-state index in [2.05, 4.69) is 20.8 Å². The molecule has 4 aromatic carbocycles. The number of esters is 2. The zero-order valence-corrected chi connectivity index (χ0v) is 41.1. The second kappa shape index (κ2) is 20.8. The van der Waals surface area contributed by atoms with Crippen LogP contribution in [-0.4, -0.2) is 122 Å². The van der Waals surface area contributed by atoms with Crippen molar-refractivity contribution in [1.82, 2.24) is 25.1 Å². The number of benzene rings is 4. The van der Waals surface area contributed by atoms with Gasteiger partial charge in [0.25, 0.3) is 5.91 Å². The molecule has 19 nitrogen and oxygen atoms in total. The number of fused-ring (bicyclic) bond motifs is 1. The van der Waals surface area contributed by atoms with Crippen molar-refractivity contribution < 1.29 is 52.6 Å². The number of hydrogen-bond donors (Lipinski definition) is 3. The van der Waals surface area contributed by atoms with Crippen molar-refractivity contribution in [2.45, 2.75) is 73.3 Å². The van der Waals surface area contributed by atoms with Crippen LogP contribution in [0, 0.1) is 0 Å². The SMILES string of the molecule is CC(C)(C)OC(=O)Nc1nc(/C(=N/OC2(C(=O)OC(c3ccccc3)c3ccccc3)CCOCC2)C(=O)N[C@@H]2C(=O)N3C[C@@](C(=O)OC(c4ccccc4)c4ccccc4)(N4CCN(N)C4=O)S[C@H]23)cs1. The summed E-state index contributed by atoms with van der Waals surface area (Å²) in [5.74, 6) is 3.01. The highest BCUT2D eigenvalue weighted by atomic mass is 32.2. The van der Waals surface area contributed by atoms with Gasteiger partial charge in [-0.15, -0.1) is 11.3 Å². The maximum atomic E-state index is 14.9. The number of rotatable bonds is 15. The number of nitrogens with two attached hydrogens (primary N) is 1. The molecule has 4 aliphatic rings. The van der Waals surface area contributed by atoms with E-state index >= 15 is 0 Å². The number of hydrogen-bond acceptors (Lipinski definition) is 16. The van der Waals surface area contributed by atoms with Crippen LogP contribution in [0.3, 0.4) is 0 Å². The van der Waals surface area contributed by atoms with Crippen LogP contribution in [0.1, 0.15) is 73.8 Å². The van der Waals surface area contributed by atoms with Crippen LogP contribution in [0.15, 0.2) is 132 Å². The number of oxime groups is 1. The molecule has 0 saturated carbocycles. The number of carbonyl (C=O) groups excluding carboxylic acids is 6. The number of amides is 5. The van der Waals surface area contributed by atoms with E-state index in [0.29, 0.717) is 22.3 Å². The van der Waals surface area contributed by atoms with Gasteiger partial charge in [0.05, 0.1) is 26.3 Å². The zero-order valence-electron chi connectivity index (χ0n) is 39.5. The van der Waals surface area contributed by atoms with Gasteiger partial charge in [-0.2, -0.15) is 0 Å². The number of thioether (sulfide) groups is 1. The van der Waals surface area contributed by atoms with Crippen molar-refractivity contribution in [3.05, 3.63) is 155 Å². The molecule has 4 fully saturated rings. The first-order valence-electron chi connectivity index (χ1n) is 23.2. The van der Waals surface area contributed by atoms with E-state index in [1.165, 1.54) is 15.2 Å². The number of carbonyl (C=O) groups is 6. The molecule has 4 N–H and O–H groups in total. The second-order valence-electron chi connectivity index (χ2n) is 18.4. The second-order valence-corrected chi connectivity index (χ2v) is 20.6. The predicted octanol–water partition coefficient (Wildman–Crippen LogP) is 6.13. The highest BCUT2D eigenvalue weighted by Crippen LogP contribution is 2.51. The van der Waals surface area contributed by atoms with Crippen molar-refractivity contribution in [2.75, 3.05) is 38.2 Å². The van der Waals surface area contributed by atoms with Gasteiger partial charge in [0.15, 0.2) is 23.1 Å². The van der Waals surface area contributed by atoms with Gasteiger partial charge in [0.2, 0.25) is 16.4 Å². The molecule has 72 heavy (non-hydrogen) atoms. The van der Waals surface area contributed by atoms with Crippen molar-refractivity contribution in [2.24, 2.45) is 11.0 Å². The van der Waals surface area contributed by atoms with Crippen LogP contribution in [-0.2, 0) is 43.0 Å². The highest BCUT2D eigenvalue weighted by molar-refractivity contribution is 8.02. The van der Waals surface area contributed by atoms with E-state index in [4.69, 9.17) is 29.6 Å². The zero-order chi connectivity index (χ0) is 50.6. The number of β-lactam (4-membered cyclic amide) rings is 1. The summed E-state index contributed by atoms with van der Waals surface area (Å²) in [5.41, 5.74) is -0.342. The van der Waals surface area contributed by atoms with Crippen LogP contribution in [0.25, 0.3) is 0 Å². The fraction of sp³-hybridized carbons (Fsp3) is 0.333. The van der Waals surface area contributed by atoms with E-state index in [-0.39, 0.29) is 56.5 Å². The summed E-state index contributed by atoms with van der Waals surface area (Å²) >= 11 is 1.95. The van der Waals surface area contributed by atoms with Crippen molar-refractivity contribution in [3.63, 3.8) is 0 Å². The first-order valence-corrected chi connectivity index (χ1v) is 25.0. The smallest absolute Gasteiger partial charge is 0.413 e. The first-order chi connectivity index (χ1) is 34.6. The normalized spacial score (nSPS) is 20.7. The topological polar surface area (TPSA) is 234 Å². The minimum absolute atomic E-state index is 0.000858. The number of hydrazine groups is 1. The minimum atomic E-state index is -1.78. The number of aromatic nitrogens is 1. The number of ether oxygens (including phenoxy) is 4. The third kappa shape index (κ3) is 10.4. The van der Waals surface area contributed by atoms with Gasteiger partial charge in [-0.1, -0.05) is 138 Å². The highest BCUT2D eigenvalue weighted by Gasteiger charge is 2.67. The largest absolute Gasteiger partial charge is 0.450 e. The fourth-order valence-electron chi connectivity index (χ4n) is 8.68. The molecular formula is C51H52N8O11S2. The molecule has 21 heteroatoms. The first kappa shape index (κ1) is 49.6. The number of anilines is 1. The summed E-state index contributed by atoms with van der Waals surface area (Å²) in [6.45, 7) is 5.19. The Kier molecular flexibility index (Phi) is 14.3. The number of urea groups is 1. The third-order valence-electron chi connectivity index (χ3n) is 12.3. The van der Waals surface area contributed by atoms with Crippen LogP contribution < -0.4 is 16.5 Å². The molecule has 0 radical (unpaired) electrons. The lowest BCUT2D eigenvalue weighted by Crippen LogP contribution is -2.68. The van der Waals surface area contributed by atoms with Crippen molar-refractivity contribution in [1.29, 1.82) is 0 Å². The van der Waals surface area contributed by atoms with E-state index in [1.807, 2.05) is 121 Å². The third-order valence-corrected chi connectivity index (χ3v) is 14.8. The molecule has 0 unspecified atom stereocenters. The van der Waals surface area contributed by atoms with E-state index in [0.717, 1.165) is 28.1 Å². The predicted molar refractivity (Wildman–Crippen MR) is 265 cm³/mol. The standard InChI is InChI=1S/C51H52N8O11S2/c1-49(2,3)69-47(64)55-46-53-36(30-71-46)37(56-70-50(24-28-66-29-25-50)44(62)67-39(32-16-8-4-9-17-32)33-18-10-5-11-19-33)41(60)54-38-42(61)57-31-51(72-43(38)57,58-26-27-59(52)48(58)65)45(63)68-40(34-20-12-6-13-21-34)35-22-14-7-15-23-35/h4-23,30,38-40,43H,24-29,31,52H2,1-3H3,(H,54,60)(H,53,55,64)/b56-37-/t38-,43-,51-/m1/s1. The monoisotopic (exact) mass is 1020 g/mol. The number of nitrogens with one attached hydrogen (secondary N) is 2. The average Bonchev–Trinajstić information content (AvgIpc) is 4.10. The molecule has 5 amide bonds. The molecule has 5 aromatic rings. The van der Waals surface area contributed by atoms with Crippen LogP contribution >= 0.6 is 23.1 Å². The molecule has 0 aliphatic carbocycles. The molecule has 9 rings (SSSR count). The van der Waals surface area contributed by atoms with Crippen LogP contribution in [0.5, 0.6) is 0 Å². The summed E-state index contributed by atoms with van der Waals surface area (Å²) in [6, 6.07) is 34.8. The van der Waals surface area contributed by atoms with E-state index in [1.54, 1.807) is 20.8 Å².